The van der Waals surface area contributed by atoms with Crippen LogP contribution in [0.4, 0.5) is 14.6 Å². The molecule has 0 spiro atoms. The predicted octanol–water partition coefficient (Wildman–Crippen LogP) is 6.00. The first-order valence-corrected chi connectivity index (χ1v) is 12.4. The lowest BCUT2D eigenvalue weighted by Crippen LogP contribution is -2.39. The van der Waals surface area contributed by atoms with Crippen LogP contribution in [0, 0.1) is 23.5 Å². The normalized spacial score (nSPS) is 23.0. The molecule has 0 unspecified atom stereocenters. The molecule has 2 heterocycles. The number of hydrogen-bond donors (Lipinski definition) is 1. The van der Waals surface area contributed by atoms with Crippen LogP contribution in [0.15, 0.2) is 48.5 Å². The summed E-state index contributed by atoms with van der Waals surface area (Å²) < 4.78 is 33.5. The Bertz CT molecular complexity index is 1120. The van der Waals surface area contributed by atoms with Crippen molar-refractivity contribution in [2.45, 2.75) is 57.8 Å². The summed E-state index contributed by atoms with van der Waals surface area (Å²) in [6.45, 7) is 2.17. The maximum Gasteiger partial charge on any atom is 0.161 e. The molecule has 0 amide bonds. The molecule has 5 rings (SSSR count). The van der Waals surface area contributed by atoms with Crippen LogP contribution < -0.4 is 4.90 Å². The Labute approximate surface area is 199 Å². The molecule has 34 heavy (non-hydrogen) atoms. The van der Waals surface area contributed by atoms with Crippen LogP contribution in [0.3, 0.4) is 0 Å². The number of pyridine rings is 1. The lowest BCUT2D eigenvalue weighted by Gasteiger charge is -2.37. The molecule has 1 saturated heterocycles. The summed E-state index contributed by atoms with van der Waals surface area (Å²) in [4.78, 5) is 7.01. The number of rotatable bonds is 7. The molecule has 4 nitrogen and oxygen atoms in total. The van der Waals surface area contributed by atoms with Crippen molar-refractivity contribution < 1.29 is 18.6 Å². The summed E-state index contributed by atoms with van der Waals surface area (Å²) in [5.74, 6) is 0.0983. The fraction of sp³-hybridized carbons (Fsp3) is 0.464. The topological polar surface area (TPSA) is 45.6 Å². The number of hydrogen-bond acceptors (Lipinski definition) is 4. The number of halogens is 2. The van der Waals surface area contributed by atoms with Gasteiger partial charge in [0.2, 0.25) is 0 Å². The molecule has 2 aliphatic rings. The zero-order valence-electron chi connectivity index (χ0n) is 19.4. The van der Waals surface area contributed by atoms with Crippen molar-refractivity contribution in [3.8, 4) is 0 Å². The van der Waals surface area contributed by atoms with Gasteiger partial charge in [0.25, 0.3) is 0 Å². The van der Waals surface area contributed by atoms with Gasteiger partial charge in [-0.3, -0.25) is 0 Å². The molecule has 0 bridgehead atoms. The standard InChI is InChI=1S/C28H32F2N2O2/c29-24-14-22-13-23(16-33)28(31-26(22)15-25(24)30)32-12-4-7-27(32)21-10-8-20(9-11-21)18-34-17-19-5-2-1-3-6-19/h1-3,5-6,13-15,20-21,27,33H,4,7-12,16-18H2/t20?,21?,27-/m1/s1. The van der Waals surface area contributed by atoms with E-state index in [-0.39, 0.29) is 6.61 Å². The number of fused-ring (bicyclic) bond motifs is 1. The van der Waals surface area contributed by atoms with Gasteiger partial charge in [-0.1, -0.05) is 30.3 Å². The van der Waals surface area contributed by atoms with Gasteiger partial charge < -0.3 is 14.7 Å². The van der Waals surface area contributed by atoms with E-state index in [0.717, 1.165) is 69.6 Å². The Balaban J connectivity index is 1.24. The van der Waals surface area contributed by atoms with E-state index < -0.39 is 11.6 Å². The number of aliphatic hydroxyl groups excluding tert-OH is 1. The number of nitrogens with zero attached hydrogens (tertiary/aromatic N) is 2. The van der Waals surface area contributed by atoms with Crippen LogP contribution in [0.5, 0.6) is 0 Å². The molecule has 3 aromatic rings. The summed E-state index contributed by atoms with van der Waals surface area (Å²) in [5.41, 5.74) is 2.31. The smallest absolute Gasteiger partial charge is 0.161 e. The summed E-state index contributed by atoms with van der Waals surface area (Å²) >= 11 is 0. The highest BCUT2D eigenvalue weighted by Gasteiger charge is 2.36. The Morgan fingerprint density at radius 2 is 1.74 bits per heavy atom. The Kier molecular flexibility index (Phi) is 7.07. The van der Waals surface area contributed by atoms with Gasteiger partial charge in [-0.15, -0.1) is 0 Å². The van der Waals surface area contributed by atoms with E-state index in [1.165, 1.54) is 5.56 Å². The van der Waals surface area contributed by atoms with Gasteiger partial charge in [-0.25, -0.2) is 13.8 Å². The van der Waals surface area contributed by atoms with E-state index in [0.29, 0.717) is 41.0 Å². The highest BCUT2D eigenvalue weighted by Crippen LogP contribution is 2.39. The van der Waals surface area contributed by atoms with E-state index in [1.807, 2.05) is 18.2 Å². The maximum atomic E-state index is 13.8. The Hall–Kier alpha value is -2.57. The second-order valence-corrected chi connectivity index (χ2v) is 9.77. The minimum absolute atomic E-state index is 0.175. The number of aliphatic hydroxyl groups is 1. The minimum Gasteiger partial charge on any atom is -0.392 e. The van der Waals surface area contributed by atoms with Gasteiger partial charge >= 0.3 is 0 Å². The summed E-state index contributed by atoms with van der Waals surface area (Å²) in [6.07, 6.45) is 6.80. The quantitative estimate of drug-likeness (QED) is 0.464. The largest absolute Gasteiger partial charge is 0.392 e. The number of aromatic nitrogens is 1. The monoisotopic (exact) mass is 466 g/mol. The molecule has 1 aliphatic carbocycles. The molecule has 0 radical (unpaired) electrons. The van der Waals surface area contributed by atoms with Crippen LogP contribution in [-0.4, -0.2) is 29.3 Å². The molecule has 2 fully saturated rings. The zero-order chi connectivity index (χ0) is 23.5. The van der Waals surface area contributed by atoms with Gasteiger partial charge in [0.1, 0.15) is 5.82 Å². The van der Waals surface area contributed by atoms with E-state index in [4.69, 9.17) is 9.72 Å². The fourth-order valence-electron chi connectivity index (χ4n) is 5.77. The minimum atomic E-state index is -0.895. The second kappa shape index (κ2) is 10.4. The Morgan fingerprint density at radius 3 is 2.50 bits per heavy atom. The average molecular weight is 467 g/mol. The van der Waals surface area contributed by atoms with Crippen molar-refractivity contribution in [3.63, 3.8) is 0 Å². The summed E-state index contributed by atoms with van der Waals surface area (Å²) in [6, 6.07) is 14.7. The molecule has 1 aromatic heterocycles. The van der Waals surface area contributed by atoms with Crippen molar-refractivity contribution in [2.24, 2.45) is 11.8 Å². The summed E-state index contributed by atoms with van der Waals surface area (Å²) in [5, 5.41) is 10.5. The third-order valence-electron chi connectivity index (χ3n) is 7.56. The lowest BCUT2D eigenvalue weighted by atomic mass is 9.78. The zero-order valence-corrected chi connectivity index (χ0v) is 19.4. The highest BCUT2D eigenvalue weighted by atomic mass is 19.2. The predicted molar refractivity (Wildman–Crippen MR) is 129 cm³/mol. The van der Waals surface area contributed by atoms with E-state index in [2.05, 4.69) is 17.0 Å². The summed E-state index contributed by atoms with van der Waals surface area (Å²) in [7, 11) is 0. The lowest BCUT2D eigenvalue weighted by molar-refractivity contribution is 0.0649. The second-order valence-electron chi connectivity index (χ2n) is 9.77. The third kappa shape index (κ3) is 4.93. The average Bonchev–Trinajstić information content (AvgIpc) is 3.35. The van der Waals surface area contributed by atoms with Crippen molar-refractivity contribution in [3.05, 3.63) is 71.3 Å². The van der Waals surface area contributed by atoms with E-state index >= 15 is 0 Å². The van der Waals surface area contributed by atoms with Crippen molar-refractivity contribution in [2.75, 3.05) is 18.1 Å². The number of ether oxygens (including phenoxy) is 1. The van der Waals surface area contributed by atoms with Crippen LogP contribution in [0.25, 0.3) is 10.9 Å². The first-order chi connectivity index (χ1) is 16.6. The maximum absolute atomic E-state index is 13.8. The van der Waals surface area contributed by atoms with Crippen molar-refractivity contribution in [1.29, 1.82) is 0 Å². The van der Waals surface area contributed by atoms with E-state index in [9.17, 15) is 13.9 Å². The molecule has 1 saturated carbocycles. The van der Waals surface area contributed by atoms with Crippen LogP contribution in [0.1, 0.15) is 49.7 Å². The van der Waals surface area contributed by atoms with Crippen molar-refractivity contribution in [1.82, 2.24) is 4.98 Å². The van der Waals surface area contributed by atoms with Gasteiger partial charge in [0.15, 0.2) is 11.6 Å². The Morgan fingerprint density at radius 1 is 0.971 bits per heavy atom. The molecule has 1 N–H and O–H groups in total. The number of anilines is 1. The van der Waals surface area contributed by atoms with Gasteiger partial charge in [-0.2, -0.15) is 0 Å². The SMILES string of the molecule is OCc1cc2cc(F)c(F)cc2nc1N1CCC[C@@H]1C1CCC(COCc2ccccc2)CC1. The molecule has 6 heteroatoms. The van der Waals surface area contributed by atoms with Gasteiger partial charge in [0, 0.05) is 36.2 Å². The van der Waals surface area contributed by atoms with Crippen LogP contribution in [0.2, 0.25) is 0 Å². The highest BCUT2D eigenvalue weighted by molar-refractivity contribution is 5.82. The van der Waals surface area contributed by atoms with E-state index in [1.54, 1.807) is 6.07 Å². The first kappa shape index (κ1) is 23.2. The molecule has 180 valence electrons. The molecule has 1 atom stereocenters. The van der Waals surface area contributed by atoms with Crippen molar-refractivity contribution >= 4 is 16.7 Å². The van der Waals surface area contributed by atoms with Gasteiger partial charge in [-0.05, 0) is 68.1 Å². The molecule has 2 aromatic carbocycles. The molecular weight excluding hydrogens is 434 g/mol. The third-order valence-corrected chi connectivity index (χ3v) is 7.56. The fourth-order valence-corrected chi connectivity index (χ4v) is 5.77. The molecular formula is C28H32F2N2O2. The van der Waals surface area contributed by atoms with Crippen LogP contribution in [-0.2, 0) is 18.0 Å². The van der Waals surface area contributed by atoms with Gasteiger partial charge in [0.05, 0.1) is 18.7 Å². The van der Waals surface area contributed by atoms with Crippen LogP contribution >= 0.6 is 0 Å². The molecule has 1 aliphatic heterocycles. The first-order valence-electron chi connectivity index (χ1n) is 12.4. The number of benzene rings is 2.